The second kappa shape index (κ2) is 7.02. The Bertz CT molecular complexity index is 399. The molecule has 0 unspecified atom stereocenters. The predicted octanol–water partition coefficient (Wildman–Crippen LogP) is 3.08. The molecule has 0 saturated carbocycles. The van der Waals surface area contributed by atoms with Crippen LogP contribution in [0, 0.1) is 11.8 Å². The summed E-state index contributed by atoms with van der Waals surface area (Å²) in [6.07, 6.45) is 4.16. The molecule has 0 aromatic rings. The van der Waals surface area contributed by atoms with E-state index < -0.39 is 23.8 Å². The molecule has 0 spiro atoms. The maximum absolute atomic E-state index is 11.8. The van der Waals surface area contributed by atoms with E-state index in [-0.39, 0.29) is 16.1 Å². The van der Waals surface area contributed by atoms with Crippen LogP contribution in [0.4, 0.5) is 0 Å². The summed E-state index contributed by atoms with van der Waals surface area (Å²) in [6.45, 7) is -0.255. The van der Waals surface area contributed by atoms with Gasteiger partial charge in [0.1, 0.15) is 11.1 Å². The molecule has 7 heteroatoms. The van der Waals surface area contributed by atoms with Gasteiger partial charge in [-0.2, -0.15) is 0 Å². The minimum absolute atomic E-state index is 0.00455. The van der Waals surface area contributed by atoms with Crippen LogP contribution < -0.4 is 0 Å². The van der Waals surface area contributed by atoms with Crippen molar-refractivity contribution in [2.24, 2.45) is 11.8 Å². The van der Waals surface area contributed by atoms with Crippen LogP contribution in [0.3, 0.4) is 0 Å². The molecule has 4 nitrogen and oxygen atoms in total. The van der Waals surface area contributed by atoms with Crippen molar-refractivity contribution in [3.05, 3.63) is 21.7 Å². The average molecular weight is 314 g/mol. The van der Waals surface area contributed by atoms with E-state index in [1.807, 2.05) is 0 Å². The first-order valence-corrected chi connectivity index (χ1v) is 6.31. The molecular formula is C11H11Cl3O4. The molecule has 0 aromatic heterocycles. The Kier molecular flexibility index (Phi) is 5.99. The number of hydrogen-bond acceptors (Lipinski definition) is 3. The molecule has 0 heterocycles. The predicted molar refractivity (Wildman–Crippen MR) is 68.5 cm³/mol. The molecule has 0 aromatic carbocycles. The van der Waals surface area contributed by atoms with E-state index in [0.29, 0.717) is 12.8 Å². The van der Waals surface area contributed by atoms with Gasteiger partial charge in [0.15, 0.2) is 0 Å². The van der Waals surface area contributed by atoms with Crippen molar-refractivity contribution in [3.63, 3.8) is 0 Å². The first kappa shape index (κ1) is 15.3. The quantitative estimate of drug-likeness (QED) is 0.640. The maximum atomic E-state index is 11.8. The molecule has 1 rings (SSSR count). The average Bonchev–Trinajstić information content (AvgIpc) is 2.35. The van der Waals surface area contributed by atoms with Crippen LogP contribution in [0.2, 0.25) is 0 Å². The van der Waals surface area contributed by atoms with Crippen molar-refractivity contribution in [3.8, 4) is 0 Å². The first-order valence-electron chi connectivity index (χ1n) is 5.17. The Morgan fingerprint density at radius 2 is 1.72 bits per heavy atom. The monoisotopic (exact) mass is 312 g/mol. The fourth-order valence-electron chi connectivity index (χ4n) is 1.64. The summed E-state index contributed by atoms with van der Waals surface area (Å²) in [6, 6.07) is 0. The molecule has 0 amide bonds. The van der Waals surface area contributed by atoms with Gasteiger partial charge in [-0.3, -0.25) is 9.59 Å². The highest BCUT2D eigenvalue weighted by Gasteiger charge is 2.35. The highest BCUT2D eigenvalue weighted by Crippen LogP contribution is 2.27. The number of carboxylic acids is 1. The lowest BCUT2D eigenvalue weighted by Crippen LogP contribution is -2.32. The Labute approximate surface area is 119 Å². The zero-order valence-corrected chi connectivity index (χ0v) is 11.5. The van der Waals surface area contributed by atoms with E-state index in [9.17, 15) is 9.59 Å². The topological polar surface area (TPSA) is 63.6 Å². The van der Waals surface area contributed by atoms with E-state index in [1.165, 1.54) is 0 Å². The van der Waals surface area contributed by atoms with Gasteiger partial charge in [0.25, 0.3) is 0 Å². The second-order valence-corrected chi connectivity index (χ2v) is 5.17. The molecule has 1 N–H and O–H groups in total. The second-order valence-electron chi connectivity index (χ2n) is 3.77. The van der Waals surface area contributed by atoms with E-state index in [2.05, 4.69) is 0 Å². The minimum atomic E-state index is -1.02. The Morgan fingerprint density at radius 1 is 1.17 bits per heavy atom. The summed E-state index contributed by atoms with van der Waals surface area (Å²) in [4.78, 5) is 22.7. The van der Waals surface area contributed by atoms with Gasteiger partial charge in [-0.25, -0.2) is 0 Å². The zero-order chi connectivity index (χ0) is 13.7. The fraction of sp³-hybridized carbons (Fsp3) is 0.455. The normalized spacial score (nSPS) is 22.4. The lowest BCUT2D eigenvalue weighted by Gasteiger charge is -2.23. The summed E-state index contributed by atoms with van der Waals surface area (Å²) in [7, 11) is 0. The van der Waals surface area contributed by atoms with Gasteiger partial charge in [-0.05, 0) is 12.8 Å². The van der Waals surface area contributed by atoms with Gasteiger partial charge < -0.3 is 9.84 Å². The number of rotatable bonds is 4. The van der Waals surface area contributed by atoms with Crippen molar-refractivity contribution in [2.75, 3.05) is 6.61 Å². The number of carboxylic acid groups (broad SMARTS) is 1. The lowest BCUT2D eigenvalue weighted by molar-refractivity contribution is -0.157. The molecular weight excluding hydrogens is 302 g/mol. The maximum Gasteiger partial charge on any atom is 0.310 e. The zero-order valence-electron chi connectivity index (χ0n) is 9.24. The van der Waals surface area contributed by atoms with Crippen LogP contribution in [0.25, 0.3) is 0 Å². The van der Waals surface area contributed by atoms with Gasteiger partial charge in [0, 0.05) is 0 Å². The third-order valence-electron chi connectivity index (χ3n) is 2.60. The number of allylic oxidation sites excluding steroid dienone is 2. The smallest absolute Gasteiger partial charge is 0.310 e. The molecule has 2 atom stereocenters. The number of halogens is 3. The number of carbonyl (C=O) groups is 2. The van der Waals surface area contributed by atoms with Crippen molar-refractivity contribution >= 4 is 46.7 Å². The number of esters is 1. The summed E-state index contributed by atoms with van der Waals surface area (Å²) in [5, 5.41) is 9.01. The minimum Gasteiger partial charge on any atom is -0.481 e. The van der Waals surface area contributed by atoms with Crippen LogP contribution in [0.15, 0.2) is 21.7 Å². The molecule has 0 saturated heterocycles. The molecule has 0 fully saturated rings. The van der Waals surface area contributed by atoms with E-state index in [1.54, 1.807) is 12.2 Å². The number of hydrogen-bond donors (Lipinski definition) is 1. The Balaban J connectivity index is 2.63. The van der Waals surface area contributed by atoms with E-state index >= 15 is 0 Å². The van der Waals surface area contributed by atoms with E-state index in [0.717, 1.165) is 0 Å². The van der Waals surface area contributed by atoms with Gasteiger partial charge in [0.05, 0.1) is 16.9 Å². The Morgan fingerprint density at radius 3 is 2.22 bits per heavy atom. The summed E-state index contributed by atoms with van der Waals surface area (Å²) < 4.78 is 4.71. The summed E-state index contributed by atoms with van der Waals surface area (Å²) in [5.74, 6) is -3.10. The van der Waals surface area contributed by atoms with Gasteiger partial charge in [-0.1, -0.05) is 47.0 Å². The van der Waals surface area contributed by atoms with Crippen molar-refractivity contribution in [1.82, 2.24) is 0 Å². The Hall–Kier alpha value is -0.710. The van der Waals surface area contributed by atoms with Gasteiger partial charge in [-0.15, -0.1) is 0 Å². The molecule has 1 aliphatic carbocycles. The SMILES string of the molecule is O=C(O)[C@H]1CC=CC[C@H]1C(=O)OCC(Cl)=C(Cl)Cl. The molecule has 0 aliphatic heterocycles. The van der Waals surface area contributed by atoms with Crippen LogP contribution >= 0.6 is 34.8 Å². The van der Waals surface area contributed by atoms with E-state index in [4.69, 9.17) is 44.6 Å². The lowest BCUT2D eigenvalue weighted by atomic mass is 9.83. The molecule has 1 aliphatic rings. The van der Waals surface area contributed by atoms with Crippen LogP contribution in [-0.2, 0) is 14.3 Å². The third kappa shape index (κ3) is 4.19. The highest BCUT2D eigenvalue weighted by molar-refractivity contribution is 6.59. The standard InChI is InChI=1S/C11H11Cl3O4/c12-8(9(13)14)5-18-11(17)7-4-2-1-3-6(7)10(15)16/h1-2,6-7H,3-5H2,(H,15,16)/t6-,7+/m0/s1. The largest absolute Gasteiger partial charge is 0.481 e. The van der Waals surface area contributed by atoms with Crippen molar-refractivity contribution in [1.29, 1.82) is 0 Å². The fourth-order valence-corrected chi connectivity index (χ4v) is 1.81. The first-order chi connectivity index (χ1) is 8.43. The molecule has 0 radical (unpaired) electrons. The van der Waals surface area contributed by atoms with Gasteiger partial charge >= 0.3 is 11.9 Å². The highest BCUT2D eigenvalue weighted by atomic mass is 35.5. The molecule has 18 heavy (non-hydrogen) atoms. The van der Waals surface area contributed by atoms with Crippen LogP contribution in [0.5, 0.6) is 0 Å². The number of aliphatic carboxylic acids is 1. The van der Waals surface area contributed by atoms with Crippen LogP contribution in [0.1, 0.15) is 12.8 Å². The number of carbonyl (C=O) groups excluding carboxylic acids is 1. The number of ether oxygens (including phenoxy) is 1. The third-order valence-corrected chi connectivity index (χ3v) is 3.55. The molecule has 0 bridgehead atoms. The molecule has 100 valence electrons. The van der Waals surface area contributed by atoms with Crippen molar-refractivity contribution < 1.29 is 19.4 Å². The summed E-state index contributed by atoms with van der Waals surface area (Å²) in [5.41, 5.74) is 0. The summed E-state index contributed by atoms with van der Waals surface area (Å²) >= 11 is 16.4. The van der Waals surface area contributed by atoms with Crippen LogP contribution in [-0.4, -0.2) is 23.7 Å². The van der Waals surface area contributed by atoms with Crippen molar-refractivity contribution in [2.45, 2.75) is 12.8 Å². The van der Waals surface area contributed by atoms with Gasteiger partial charge in [0.2, 0.25) is 0 Å².